The highest BCUT2D eigenvalue weighted by Crippen LogP contribution is 2.73. The summed E-state index contributed by atoms with van der Waals surface area (Å²) in [5, 5.41) is 2.13. The molecule has 2 saturated carbocycles. The molecule has 7 aromatic carbocycles. The van der Waals surface area contributed by atoms with Gasteiger partial charge in [-0.3, -0.25) is 0 Å². The van der Waals surface area contributed by atoms with E-state index in [1.165, 1.54) is 18.4 Å². The number of hydrogen-bond donors (Lipinski definition) is 0. The lowest BCUT2D eigenvalue weighted by Crippen LogP contribution is -2.64. The van der Waals surface area contributed by atoms with Crippen LogP contribution in [0.5, 0.6) is 0 Å². The molecule has 0 spiro atoms. The molecular weight excluding hydrogens is 719 g/mol. The Bertz CT molecular complexity index is 3110. The molecule has 12 rings (SSSR count). The zero-order valence-electron chi connectivity index (χ0n) is 32.2. The summed E-state index contributed by atoms with van der Waals surface area (Å²) in [7, 11) is 0. The van der Waals surface area contributed by atoms with Gasteiger partial charge in [0.1, 0.15) is 0 Å². The maximum Gasteiger partial charge on any atom is 0.164 e. The van der Waals surface area contributed by atoms with Crippen molar-refractivity contribution in [3.05, 3.63) is 199 Å². The van der Waals surface area contributed by atoms with E-state index in [9.17, 15) is 0 Å². The summed E-state index contributed by atoms with van der Waals surface area (Å²) in [6.45, 7) is 0. The highest BCUT2D eigenvalue weighted by Gasteiger charge is 2.66. The van der Waals surface area contributed by atoms with Crippen molar-refractivity contribution < 1.29 is 0 Å². The maximum atomic E-state index is 5.26. The Balaban J connectivity index is 1.01. The van der Waals surface area contributed by atoms with Gasteiger partial charge in [0.15, 0.2) is 23.3 Å². The van der Waals surface area contributed by atoms with Crippen LogP contribution in [0.3, 0.4) is 0 Å². The van der Waals surface area contributed by atoms with Gasteiger partial charge in [0, 0.05) is 38.8 Å². The summed E-state index contributed by atoms with van der Waals surface area (Å²) in [4.78, 5) is 26.0. The topological polar surface area (TPSA) is 64.5 Å². The van der Waals surface area contributed by atoms with Crippen LogP contribution in [-0.2, 0) is 5.41 Å². The monoisotopic (exact) mass is 755 g/mol. The number of benzene rings is 7. The number of allylic oxidation sites excluding steroid dienone is 2. The van der Waals surface area contributed by atoms with Gasteiger partial charge in [-0.15, -0.1) is 0 Å². The van der Waals surface area contributed by atoms with Gasteiger partial charge in [0.05, 0.1) is 11.4 Å². The molecule has 9 aromatic rings. The van der Waals surface area contributed by atoms with Crippen molar-refractivity contribution in [3.63, 3.8) is 0 Å². The van der Waals surface area contributed by atoms with E-state index in [1.54, 1.807) is 5.57 Å². The Hall–Kier alpha value is -7.37. The second-order valence-electron chi connectivity index (χ2n) is 16.2. The van der Waals surface area contributed by atoms with Crippen LogP contribution in [0, 0.1) is 11.8 Å². The van der Waals surface area contributed by atoms with Gasteiger partial charge in [0.25, 0.3) is 0 Å². The average molecular weight is 756 g/mol. The number of hydrogen-bond acceptors (Lipinski definition) is 5. The van der Waals surface area contributed by atoms with Crippen molar-refractivity contribution in [1.82, 2.24) is 24.9 Å². The van der Waals surface area contributed by atoms with E-state index >= 15 is 0 Å². The minimum Gasteiger partial charge on any atom is -0.228 e. The third kappa shape index (κ3) is 5.65. The third-order valence-electron chi connectivity index (χ3n) is 12.7. The smallest absolute Gasteiger partial charge is 0.164 e. The van der Waals surface area contributed by atoms with Crippen molar-refractivity contribution in [3.8, 4) is 79.2 Å². The number of aromatic nitrogens is 5. The standard InChI is InChI=1S/C54H37N5/c1-4-13-34(14-5-1)38-20-12-21-40(27-38)47-31-48(56-50(55-47)35-15-6-2-7-16-35)41-28-39-19-10-11-22-45(39)46(30-41)53-58-51(36-17-8-3-9-18-36)57-52(59-53)37-23-25-44(26-24-37)54-32-42-29-43(33-54)49(42)54/h1-28,30-32,43,49H,29,33H2. The van der Waals surface area contributed by atoms with Gasteiger partial charge in [-0.2, -0.15) is 0 Å². The SMILES string of the molecule is C1=C2CC3CC1(c1ccc(-c4nc(-c5ccccc5)nc(-c5cc(-c6cc(-c7cccc(-c8ccccc8)c7)nc(-c7ccccc7)n6)cc6ccccc56)n4)cc1)C23. The van der Waals surface area contributed by atoms with E-state index < -0.39 is 0 Å². The summed E-state index contributed by atoms with van der Waals surface area (Å²) in [6, 6.07) is 63.4. The molecule has 3 atom stereocenters. The highest BCUT2D eigenvalue weighted by atomic mass is 15.0. The molecule has 3 aliphatic carbocycles. The lowest BCUT2D eigenvalue weighted by molar-refractivity contribution is -0.00531. The Morgan fingerprint density at radius 1 is 0.407 bits per heavy atom. The number of nitrogens with zero attached hydrogens (tertiary/aromatic N) is 5. The largest absolute Gasteiger partial charge is 0.228 e. The highest BCUT2D eigenvalue weighted by molar-refractivity contribution is 5.99. The summed E-state index contributed by atoms with van der Waals surface area (Å²) >= 11 is 0. The van der Waals surface area contributed by atoms with E-state index in [4.69, 9.17) is 24.9 Å². The van der Waals surface area contributed by atoms with E-state index in [1.807, 2.05) is 42.5 Å². The van der Waals surface area contributed by atoms with Crippen LogP contribution in [0.2, 0.25) is 0 Å². The molecule has 2 heterocycles. The minimum absolute atomic E-state index is 0.252. The summed E-state index contributed by atoms with van der Waals surface area (Å²) in [5.74, 6) is 4.24. The van der Waals surface area contributed by atoms with Gasteiger partial charge >= 0.3 is 0 Å². The van der Waals surface area contributed by atoms with Crippen LogP contribution < -0.4 is 0 Å². The van der Waals surface area contributed by atoms with Crippen molar-refractivity contribution in [1.29, 1.82) is 0 Å². The molecule has 5 nitrogen and oxygen atoms in total. The lowest BCUT2D eigenvalue weighted by Gasteiger charge is -2.70. The van der Waals surface area contributed by atoms with Crippen molar-refractivity contribution in [2.45, 2.75) is 18.3 Å². The second-order valence-corrected chi connectivity index (χ2v) is 16.2. The quantitative estimate of drug-likeness (QED) is 0.145. The fourth-order valence-electron chi connectivity index (χ4n) is 9.81. The zero-order chi connectivity index (χ0) is 38.9. The molecule has 0 saturated heterocycles. The predicted octanol–water partition coefficient (Wildman–Crippen LogP) is 12.7. The fourth-order valence-corrected chi connectivity index (χ4v) is 9.81. The van der Waals surface area contributed by atoms with Gasteiger partial charge in [-0.05, 0) is 76.4 Å². The molecule has 0 bridgehead atoms. The van der Waals surface area contributed by atoms with E-state index in [0.717, 1.165) is 78.5 Å². The third-order valence-corrected chi connectivity index (χ3v) is 12.7. The van der Waals surface area contributed by atoms with Crippen molar-refractivity contribution >= 4 is 10.8 Å². The van der Waals surface area contributed by atoms with E-state index in [0.29, 0.717) is 23.3 Å². The molecule has 0 aliphatic heterocycles. The van der Waals surface area contributed by atoms with Gasteiger partial charge in [-0.25, -0.2) is 24.9 Å². The first-order chi connectivity index (χ1) is 29.1. The molecule has 2 fully saturated rings. The molecule has 59 heavy (non-hydrogen) atoms. The summed E-state index contributed by atoms with van der Waals surface area (Å²) in [6.07, 6.45) is 5.12. The predicted molar refractivity (Wildman–Crippen MR) is 237 cm³/mol. The Morgan fingerprint density at radius 3 is 1.61 bits per heavy atom. The molecule has 3 aliphatic rings. The van der Waals surface area contributed by atoms with Crippen molar-refractivity contribution in [2.75, 3.05) is 0 Å². The van der Waals surface area contributed by atoms with Crippen molar-refractivity contribution in [2.24, 2.45) is 11.8 Å². The zero-order valence-corrected chi connectivity index (χ0v) is 32.2. The van der Waals surface area contributed by atoms with Crippen LogP contribution in [0.4, 0.5) is 0 Å². The fraction of sp³-hybridized carbons (Fsp3) is 0.0926. The first-order valence-corrected chi connectivity index (χ1v) is 20.4. The Kier molecular flexibility index (Phi) is 7.64. The maximum absolute atomic E-state index is 5.26. The summed E-state index contributed by atoms with van der Waals surface area (Å²) in [5.41, 5.74) is 13.0. The van der Waals surface area contributed by atoms with Crippen LogP contribution in [0.25, 0.3) is 90.0 Å². The van der Waals surface area contributed by atoms with E-state index in [2.05, 4.69) is 146 Å². The minimum atomic E-state index is 0.252. The Morgan fingerprint density at radius 2 is 0.966 bits per heavy atom. The molecule has 5 heteroatoms. The first kappa shape index (κ1) is 33.7. The van der Waals surface area contributed by atoms with Gasteiger partial charge in [-0.1, -0.05) is 169 Å². The molecular formula is C54H37N5. The normalized spacial score (nSPS) is 18.5. The lowest BCUT2D eigenvalue weighted by atomic mass is 9.34. The molecule has 0 amide bonds. The number of rotatable bonds is 8. The average Bonchev–Trinajstić information content (AvgIpc) is 3.31. The molecule has 3 unspecified atom stereocenters. The molecule has 2 aromatic heterocycles. The van der Waals surface area contributed by atoms with Crippen LogP contribution in [-0.4, -0.2) is 24.9 Å². The van der Waals surface area contributed by atoms with Crippen LogP contribution in [0.15, 0.2) is 194 Å². The first-order valence-electron chi connectivity index (χ1n) is 20.4. The Labute approximate surface area is 342 Å². The molecule has 278 valence electrons. The van der Waals surface area contributed by atoms with Crippen LogP contribution in [0.1, 0.15) is 18.4 Å². The summed E-state index contributed by atoms with van der Waals surface area (Å²) < 4.78 is 0. The van der Waals surface area contributed by atoms with E-state index in [-0.39, 0.29) is 5.41 Å². The van der Waals surface area contributed by atoms with Gasteiger partial charge < -0.3 is 0 Å². The number of fused-ring (bicyclic) bond motifs is 1. The second kappa shape index (κ2) is 13.4. The van der Waals surface area contributed by atoms with Crippen LogP contribution >= 0.6 is 0 Å². The molecule has 0 radical (unpaired) electrons. The molecule has 0 N–H and O–H groups in total. The van der Waals surface area contributed by atoms with Gasteiger partial charge in [0.2, 0.25) is 0 Å².